The number of aromatic nitrogens is 1. The number of hydrogen-bond donors (Lipinski definition) is 2. The Kier molecular flexibility index (Phi) is 2.16. The second-order valence-electron chi connectivity index (χ2n) is 3.50. The van der Waals surface area contributed by atoms with Crippen LogP contribution in [0.3, 0.4) is 0 Å². The van der Waals surface area contributed by atoms with Crippen LogP contribution in [0, 0.1) is 6.92 Å². The van der Waals surface area contributed by atoms with Crippen LogP contribution in [-0.2, 0) is 6.42 Å². The summed E-state index contributed by atoms with van der Waals surface area (Å²) in [6.45, 7) is 4.23. The van der Waals surface area contributed by atoms with Gasteiger partial charge in [-0.1, -0.05) is 18.5 Å². The highest BCUT2D eigenvalue weighted by atomic mass is 35.5. The molecular formula is C11H13ClN2. The number of nitrogens with one attached hydrogen (secondary N) is 1. The summed E-state index contributed by atoms with van der Waals surface area (Å²) >= 11 is 5.95. The zero-order chi connectivity index (χ0) is 10.3. The Morgan fingerprint density at radius 3 is 2.79 bits per heavy atom. The highest BCUT2D eigenvalue weighted by Gasteiger charge is 2.07. The minimum atomic E-state index is 0.612. The molecule has 3 N–H and O–H groups in total. The Bertz CT molecular complexity index is 485. The van der Waals surface area contributed by atoms with E-state index in [1.807, 2.05) is 12.1 Å². The summed E-state index contributed by atoms with van der Waals surface area (Å²) in [5.41, 5.74) is 9.99. The maximum atomic E-state index is 5.95. The standard InChI is InChI=1S/C11H13ClN2/c1-3-10-6(2)7-4-9(13)8(12)5-11(7)14-10/h4-5,14H,3,13H2,1-2H3. The summed E-state index contributed by atoms with van der Waals surface area (Å²) in [5, 5.41) is 1.78. The average Bonchev–Trinajstić information content (AvgIpc) is 2.45. The SMILES string of the molecule is CCc1[nH]c2cc(Cl)c(N)cc2c1C. The van der Waals surface area contributed by atoms with Gasteiger partial charge in [-0.05, 0) is 31.0 Å². The maximum absolute atomic E-state index is 5.95. The van der Waals surface area contributed by atoms with E-state index >= 15 is 0 Å². The molecule has 0 saturated carbocycles. The molecule has 0 bridgehead atoms. The van der Waals surface area contributed by atoms with E-state index in [4.69, 9.17) is 17.3 Å². The predicted octanol–water partition coefficient (Wildman–Crippen LogP) is 3.27. The van der Waals surface area contributed by atoms with E-state index in [0.29, 0.717) is 10.7 Å². The molecule has 0 spiro atoms. The Labute approximate surface area is 88.1 Å². The summed E-state index contributed by atoms with van der Waals surface area (Å²) in [4.78, 5) is 3.34. The van der Waals surface area contributed by atoms with Crippen LogP contribution in [0.25, 0.3) is 10.9 Å². The third kappa shape index (κ3) is 1.26. The lowest BCUT2D eigenvalue weighted by Crippen LogP contribution is -1.85. The Morgan fingerprint density at radius 2 is 2.14 bits per heavy atom. The minimum Gasteiger partial charge on any atom is -0.398 e. The van der Waals surface area contributed by atoms with Gasteiger partial charge in [0.05, 0.1) is 10.7 Å². The highest BCUT2D eigenvalue weighted by molar-refractivity contribution is 6.33. The summed E-state index contributed by atoms with van der Waals surface area (Å²) in [6.07, 6.45) is 0.998. The van der Waals surface area contributed by atoms with Crippen LogP contribution in [-0.4, -0.2) is 4.98 Å². The van der Waals surface area contributed by atoms with Crippen molar-refractivity contribution < 1.29 is 0 Å². The average molecular weight is 209 g/mol. The Morgan fingerprint density at radius 1 is 1.43 bits per heavy atom. The Hall–Kier alpha value is -1.15. The monoisotopic (exact) mass is 208 g/mol. The van der Waals surface area contributed by atoms with Crippen molar-refractivity contribution in [2.45, 2.75) is 20.3 Å². The molecule has 0 amide bonds. The van der Waals surface area contributed by atoms with Gasteiger partial charge in [0, 0.05) is 16.6 Å². The zero-order valence-electron chi connectivity index (χ0n) is 8.32. The molecule has 74 valence electrons. The highest BCUT2D eigenvalue weighted by Crippen LogP contribution is 2.29. The number of benzene rings is 1. The van der Waals surface area contributed by atoms with Gasteiger partial charge in [0.25, 0.3) is 0 Å². The summed E-state index contributed by atoms with van der Waals surface area (Å²) in [6, 6.07) is 3.82. The van der Waals surface area contributed by atoms with Crippen molar-refractivity contribution in [3.05, 3.63) is 28.4 Å². The number of anilines is 1. The third-order valence-corrected chi connectivity index (χ3v) is 2.96. The molecule has 1 aromatic heterocycles. The number of aryl methyl sites for hydroxylation is 2. The molecule has 0 radical (unpaired) electrons. The molecule has 0 fully saturated rings. The van der Waals surface area contributed by atoms with E-state index in [9.17, 15) is 0 Å². The lowest BCUT2D eigenvalue weighted by Gasteiger charge is -1.98. The molecular weight excluding hydrogens is 196 g/mol. The van der Waals surface area contributed by atoms with Crippen LogP contribution >= 0.6 is 11.6 Å². The number of halogens is 1. The number of hydrogen-bond acceptors (Lipinski definition) is 1. The molecule has 0 aliphatic carbocycles. The molecule has 0 aliphatic rings. The molecule has 0 saturated heterocycles. The van der Waals surface area contributed by atoms with E-state index in [-0.39, 0.29) is 0 Å². The van der Waals surface area contributed by atoms with Gasteiger partial charge in [0.15, 0.2) is 0 Å². The molecule has 14 heavy (non-hydrogen) atoms. The molecule has 2 aromatic rings. The van der Waals surface area contributed by atoms with Crippen molar-refractivity contribution in [2.75, 3.05) is 5.73 Å². The van der Waals surface area contributed by atoms with Crippen molar-refractivity contribution in [3.63, 3.8) is 0 Å². The third-order valence-electron chi connectivity index (χ3n) is 2.63. The first kappa shape index (κ1) is 9.41. The van der Waals surface area contributed by atoms with Gasteiger partial charge in [-0.15, -0.1) is 0 Å². The molecule has 3 heteroatoms. The van der Waals surface area contributed by atoms with Crippen molar-refractivity contribution >= 4 is 28.2 Å². The first-order chi connectivity index (χ1) is 6.63. The van der Waals surface area contributed by atoms with Crippen LogP contribution in [0.1, 0.15) is 18.2 Å². The molecule has 0 atom stereocenters. The molecule has 0 aliphatic heterocycles. The first-order valence-corrected chi connectivity index (χ1v) is 5.07. The number of nitrogen functional groups attached to an aromatic ring is 1. The topological polar surface area (TPSA) is 41.8 Å². The maximum Gasteiger partial charge on any atom is 0.0656 e. The number of H-pyrrole nitrogens is 1. The van der Waals surface area contributed by atoms with Crippen molar-refractivity contribution in [1.82, 2.24) is 4.98 Å². The summed E-state index contributed by atoms with van der Waals surface area (Å²) in [7, 11) is 0. The lowest BCUT2D eigenvalue weighted by atomic mass is 10.1. The van der Waals surface area contributed by atoms with Gasteiger partial charge in [-0.25, -0.2) is 0 Å². The molecule has 1 heterocycles. The number of nitrogens with two attached hydrogens (primary N) is 1. The van der Waals surface area contributed by atoms with Gasteiger partial charge in [0.1, 0.15) is 0 Å². The van der Waals surface area contributed by atoms with Gasteiger partial charge in [0.2, 0.25) is 0 Å². The normalized spacial score (nSPS) is 11.1. The molecule has 2 nitrogen and oxygen atoms in total. The van der Waals surface area contributed by atoms with Crippen LogP contribution in [0.2, 0.25) is 5.02 Å². The van der Waals surface area contributed by atoms with E-state index in [2.05, 4.69) is 18.8 Å². The fourth-order valence-electron chi connectivity index (χ4n) is 1.78. The predicted molar refractivity (Wildman–Crippen MR) is 61.8 cm³/mol. The van der Waals surface area contributed by atoms with Crippen LogP contribution < -0.4 is 5.73 Å². The largest absolute Gasteiger partial charge is 0.398 e. The van der Waals surface area contributed by atoms with Crippen LogP contribution in [0.5, 0.6) is 0 Å². The van der Waals surface area contributed by atoms with Crippen molar-refractivity contribution in [3.8, 4) is 0 Å². The fraction of sp³-hybridized carbons (Fsp3) is 0.273. The van der Waals surface area contributed by atoms with Crippen molar-refractivity contribution in [2.24, 2.45) is 0 Å². The quantitative estimate of drug-likeness (QED) is 0.694. The van der Waals surface area contributed by atoms with E-state index < -0.39 is 0 Å². The van der Waals surface area contributed by atoms with Crippen molar-refractivity contribution in [1.29, 1.82) is 0 Å². The van der Waals surface area contributed by atoms with Gasteiger partial charge in [-0.3, -0.25) is 0 Å². The number of rotatable bonds is 1. The second-order valence-corrected chi connectivity index (χ2v) is 3.91. The first-order valence-electron chi connectivity index (χ1n) is 4.69. The zero-order valence-corrected chi connectivity index (χ0v) is 9.07. The van der Waals surface area contributed by atoms with E-state index in [1.165, 1.54) is 16.6 Å². The van der Waals surface area contributed by atoms with E-state index in [0.717, 1.165) is 11.9 Å². The molecule has 0 unspecified atom stereocenters. The molecule has 2 rings (SSSR count). The smallest absolute Gasteiger partial charge is 0.0656 e. The van der Waals surface area contributed by atoms with Crippen LogP contribution in [0.15, 0.2) is 12.1 Å². The summed E-state index contributed by atoms with van der Waals surface area (Å²) in [5.74, 6) is 0. The van der Waals surface area contributed by atoms with Gasteiger partial charge >= 0.3 is 0 Å². The van der Waals surface area contributed by atoms with Gasteiger partial charge < -0.3 is 10.7 Å². The lowest BCUT2D eigenvalue weighted by molar-refractivity contribution is 1.05. The Balaban J connectivity index is 2.80. The fourth-order valence-corrected chi connectivity index (χ4v) is 1.94. The number of fused-ring (bicyclic) bond motifs is 1. The van der Waals surface area contributed by atoms with Crippen LogP contribution in [0.4, 0.5) is 5.69 Å². The van der Waals surface area contributed by atoms with Gasteiger partial charge in [-0.2, -0.15) is 0 Å². The van der Waals surface area contributed by atoms with E-state index in [1.54, 1.807) is 0 Å². The minimum absolute atomic E-state index is 0.612. The number of aromatic amines is 1. The molecule has 1 aromatic carbocycles. The summed E-state index contributed by atoms with van der Waals surface area (Å²) < 4.78 is 0. The second kappa shape index (κ2) is 3.21.